The van der Waals surface area contributed by atoms with Gasteiger partial charge in [-0.3, -0.25) is 10.1 Å². The number of halogens is 1. The van der Waals surface area contributed by atoms with Crippen molar-refractivity contribution in [2.24, 2.45) is 0 Å². The molecule has 21 heavy (non-hydrogen) atoms. The molecule has 2 heterocycles. The molecule has 0 aliphatic carbocycles. The van der Waals surface area contributed by atoms with Crippen LogP contribution in [0.1, 0.15) is 21.5 Å². The summed E-state index contributed by atoms with van der Waals surface area (Å²) >= 11 is 6.00. The fourth-order valence-corrected chi connectivity index (χ4v) is 3.61. The maximum atomic E-state index is 12.8. The highest BCUT2D eigenvalue weighted by Gasteiger charge is 2.48. The van der Waals surface area contributed by atoms with Crippen LogP contribution in [0.3, 0.4) is 0 Å². The molecular weight excluding hydrogens is 284 g/mol. The number of nitrogens with one attached hydrogen (secondary N) is 1. The van der Waals surface area contributed by atoms with Gasteiger partial charge in [-0.25, -0.2) is 0 Å². The van der Waals surface area contributed by atoms with E-state index in [-0.39, 0.29) is 5.91 Å². The van der Waals surface area contributed by atoms with E-state index >= 15 is 0 Å². The summed E-state index contributed by atoms with van der Waals surface area (Å²) in [5.41, 5.74) is 2.58. The summed E-state index contributed by atoms with van der Waals surface area (Å²) in [6, 6.07) is 15.7. The Bertz CT molecular complexity index is 713. The second-order valence-corrected chi connectivity index (χ2v) is 6.02. The Morgan fingerprint density at radius 1 is 1.10 bits per heavy atom. The van der Waals surface area contributed by atoms with Gasteiger partial charge < -0.3 is 4.90 Å². The van der Waals surface area contributed by atoms with Crippen molar-refractivity contribution >= 4 is 17.5 Å². The zero-order chi connectivity index (χ0) is 14.4. The number of nitrogens with zero attached hydrogens (tertiary/aromatic N) is 1. The number of hydrogen-bond donors (Lipinski definition) is 1. The van der Waals surface area contributed by atoms with Gasteiger partial charge in [-0.2, -0.15) is 0 Å². The minimum absolute atomic E-state index is 0.108. The first kappa shape index (κ1) is 12.9. The smallest absolute Gasteiger partial charge is 0.255 e. The third-order valence-electron chi connectivity index (χ3n) is 4.47. The molecule has 106 valence electrons. The Morgan fingerprint density at radius 2 is 1.86 bits per heavy atom. The van der Waals surface area contributed by atoms with Gasteiger partial charge >= 0.3 is 0 Å². The molecule has 1 unspecified atom stereocenters. The van der Waals surface area contributed by atoms with Crippen molar-refractivity contribution in [1.82, 2.24) is 10.2 Å². The number of fused-ring (bicyclic) bond motifs is 2. The quantitative estimate of drug-likeness (QED) is 0.878. The van der Waals surface area contributed by atoms with Crippen LogP contribution in [0.5, 0.6) is 0 Å². The third-order valence-corrected chi connectivity index (χ3v) is 4.73. The summed E-state index contributed by atoms with van der Waals surface area (Å²) < 4.78 is 0. The largest absolute Gasteiger partial charge is 0.315 e. The Balaban J connectivity index is 1.88. The summed E-state index contributed by atoms with van der Waals surface area (Å²) in [5, 5.41) is 4.25. The van der Waals surface area contributed by atoms with E-state index in [1.54, 1.807) is 0 Å². The van der Waals surface area contributed by atoms with E-state index in [1.807, 2.05) is 53.4 Å². The zero-order valence-corrected chi connectivity index (χ0v) is 12.2. The number of benzene rings is 2. The molecule has 3 nitrogen and oxygen atoms in total. The highest BCUT2D eigenvalue weighted by molar-refractivity contribution is 6.30. The lowest BCUT2D eigenvalue weighted by molar-refractivity contribution is 0.0503. The lowest BCUT2D eigenvalue weighted by atomic mass is 9.85. The minimum atomic E-state index is -0.434. The molecule has 1 atom stereocenters. The van der Waals surface area contributed by atoms with Gasteiger partial charge in [0.2, 0.25) is 0 Å². The van der Waals surface area contributed by atoms with Crippen LogP contribution in [0.25, 0.3) is 0 Å². The van der Waals surface area contributed by atoms with Crippen molar-refractivity contribution in [3.05, 3.63) is 70.2 Å². The van der Waals surface area contributed by atoms with Crippen LogP contribution in [0.4, 0.5) is 0 Å². The van der Waals surface area contributed by atoms with Gasteiger partial charge in [0.15, 0.2) is 0 Å². The first-order valence-corrected chi connectivity index (χ1v) is 7.49. The molecule has 4 rings (SSSR count). The van der Waals surface area contributed by atoms with E-state index in [9.17, 15) is 4.79 Å². The van der Waals surface area contributed by atoms with Crippen LogP contribution < -0.4 is 5.32 Å². The van der Waals surface area contributed by atoms with E-state index in [4.69, 9.17) is 11.6 Å². The van der Waals surface area contributed by atoms with Gasteiger partial charge in [0.05, 0.1) is 0 Å². The standard InChI is InChI=1S/C17H15ClN2O/c18-14-7-5-13(6-8-14)17-11-12-3-1-2-4-15(12)16(21)20(17)10-9-19-17/h1-8,19H,9-11H2. The molecular formula is C17H15ClN2O. The molecule has 0 saturated carbocycles. The van der Waals surface area contributed by atoms with E-state index in [0.29, 0.717) is 5.02 Å². The van der Waals surface area contributed by atoms with Crippen molar-refractivity contribution in [2.45, 2.75) is 12.1 Å². The SMILES string of the molecule is O=C1c2ccccc2CC2(c3ccc(Cl)cc3)NCCN12. The Labute approximate surface area is 128 Å². The molecule has 0 spiro atoms. The van der Waals surface area contributed by atoms with Crippen LogP contribution in [0.2, 0.25) is 5.02 Å². The van der Waals surface area contributed by atoms with E-state index in [2.05, 4.69) is 5.32 Å². The van der Waals surface area contributed by atoms with Gasteiger partial charge in [0.1, 0.15) is 5.66 Å². The maximum absolute atomic E-state index is 12.8. The summed E-state index contributed by atoms with van der Waals surface area (Å²) in [5.74, 6) is 0.108. The number of carbonyl (C=O) groups is 1. The number of amides is 1. The molecule has 1 N–H and O–H groups in total. The Hall–Kier alpha value is -1.84. The molecule has 0 aromatic heterocycles. The van der Waals surface area contributed by atoms with Crippen molar-refractivity contribution in [1.29, 1.82) is 0 Å². The van der Waals surface area contributed by atoms with Crippen LogP contribution in [-0.2, 0) is 12.1 Å². The highest BCUT2D eigenvalue weighted by Crippen LogP contribution is 2.39. The van der Waals surface area contributed by atoms with Gasteiger partial charge in [-0.15, -0.1) is 0 Å². The topological polar surface area (TPSA) is 32.3 Å². The number of carbonyl (C=O) groups excluding carboxylic acids is 1. The fourth-order valence-electron chi connectivity index (χ4n) is 3.48. The van der Waals surface area contributed by atoms with Crippen LogP contribution in [-0.4, -0.2) is 23.9 Å². The molecule has 0 radical (unpaired) electrons. The van der Waals surface area contributed by atoms with Crippen molar-refractivity contribution in [3.63, 3.8) is 0 Å². The van der Waals surface area contributed by atoms with E-state index in [0.717, 1.165) is 36.2 Å². The first-order chi connectivity index (χ1) is 10.2. The Kier molecular flexibility index (Phi) is 2.81. The molecule has 2 aromatic rings. The molecule has 1 amide bonds. The molecule has 1 fully saturated rings. The number of hydrogen-bond acceptors (Lipinski definition) is 2. The normalized spacial score (nSPS) is 23.9. The summed E-state index contributed by atoms with van der Waals surface area (Å²) in [6.07, 6.45) is 0.788. The van der Waals surface area contributed by atoms with E-state index < -0.39 is 5.66 Å². The highest BCUT2D eigenvalue weighted by atomic mass is 35.5. The van der Waals surface area contributed by atoms with Crippen LogP contribution in [0.15, 0.2) is 48.5 Å². The second kappa shape index (κ2) is 4.58. The van der Waals surface area contributed by atoms with Crippen molar-refractivity contribution < 1.29 is 4.79 Å². The van der Waals surface area contributed by atoms with Crippen LogP contribution in [0, 0.1) is 0 Å². The summed E-state index contributed by atoms with van der Waals surface area (Å²) in [4.78, 5) is 14.8. The molecule has 2 aliphatic heterocycles. The molecule has 0 bridgehead atoms. The summed E-state index contributed by atoms with van der Waals surface area (Å²) in [7, 11) is 0. The minimum Gasteiger partial charge on any atom is -0.315 e. The zero-order valence-electron chi connectivity index (χ0n) is 11.5. The lowest BCUT2D eigenvalue weighted by Crippen LogP contribution is -2.55. The van der Waals surface area contributed by atoms with E-state index in [1.165, 1.54) is 0 Å². The van der Waals surface area contributed by atoms with Gasteiger partial charge in [-0.1, -0.05) is 41.9 Å². The average molecular weight is 299 g/mol. The Morgan fingerprint density at radius 3 is 2.67 bits per heavy atom. The van der Waals surface area contributed by atoms with Crippen LogP contribution >= 0.6 is 11.6 Å². The first-order valence-electron chi connectivity index (χ1n) is 7.12. The van der Waals surface area contributed by atoms with Crippen molar-refractivity contribution in [2.75, 3.05) is 13.1 Å². The molecule has 4 heteroatoms. The second-order valence-electron chi connectivity index (χ2n) is 5.58. The molecule has 2 aliphatic rings. The van der Waals surface area contributed by atoms with Gasteiger partial charge in [-0.05, 0) is 29.3 Å². The molecule has 2 aromatic carbocycles. The average Bonchev–Trinajstić information content (AvgIpc) is 2.93. The lowest BCUT2D eigenvalue weighted by Gasteiger charge is -2.43. The van der Waals surface area contributed by atoms with Crippen molar-refractivity contribution in [3.8, 4) is 0 Å². The van der Waals surface area contributed by atoms with Gasteiger partial charge in [0.25, 0.3) is 5.91 Å². The monoisotopic (exact) mass is 298 g/mol. The predicted molar refractivity (Wildman–Crippen MR) is 82.3 cm³/mol. The summed E-state index contributed by atoms with van der Waals surface area (Å²) in [6.45, 7) is 1.54. The third kappa shape index (κ3) is 1.81. The van der Waals surface area contributed by atoms with Gasteiger partial charge in [0, 0.05) is 30.1 Å². The fraction of sp³-hybridized carbons (Fsp3) is 0.235. The maximum Gasteiger partial charge on any atom is 0.255 e. The molecule has 1 saturated heterocycles. The number of rotatable bonds is 1. The predicted octanol–water partition coefficient (Wildman–Crippen LogP) is 2.79.